The lowest BCUT2D eigenvalue weighted by Crippen LogP contribution is -2.30. The maximum Gasteiger partial charge on any atom is 0.354 e. The number of hydrogen-bond donors (Lipinski definition) is 2. The SMILES string of the molecule is CCC(NC(=O)c1cccc(C(=O)O)n1)c1ccccc1OCC(=O)N(C)C. The molecule has 2 amide bonds. The topological polar surface area (TPSA) is 109 Å². The number of carbonyl (C=O) groups is 3. The standard InChI is InChI=1S/C20H23N3O5/c1-4-14(22-19(25)15-9-7-10-16(21-15)20(26)27)13-8-5-6-11-17(13)28-12-18(24)23(2)3/h5-11,14H,4,12H2,1-3H3,(H,22,25)(H,26,27). The number of rotatable bonds is 8. The lowest BCUT2D eigenvalue weighted by Gasteiger charge is -2.21. The van der Waals surface area contributed by atoms with Gasteiger partial charge in [0.1, 0.15) is 17.1 Å². The number of para-hydroxylation sites is 1. The molecule has 2 aromatic rings. The quantitative estimate of drug-likeness (QED) is 0.721. The fourth-order valence-corrected chi connectivity index (χ4v) is 2.48. The van der Waals surface area contributed by atoms with Crippen molar-refractivity contribution in [2.75, 3.05) is 20.7 Å². The molecule has 0 aliphatic carbocycles. The third-order valence-corrected chi connectivity index (χ3v) is 4.06. The van der Waals surface area contributed by atoms with Crippen LogP contribution in [0.4, 0.5) is 0 Å². The van der Waals surface area contributed by atoms with Crippen LogP contribution in [0.25, 0.3) is 0 Å². The van der Waals surface area contributed by atoms with Crippen molar-refractivity contribution in [3.05, 3.63) is 59.4 Å². The number of carbonyl (C=O) groups excluding carboxylic acids is 2. The fraction of sp³-hybridized carbons (Fsp3) is 0.300. The van der Waals surface area contributed by atoms with E-state index in [2.05, 4.69) is 10.3 Å². The Kier molecular flexibility index (Phi) is 7.08. The molecule has 0 aliphatic heterocycles. The number of hydrogen-bond acceptors (Lipinski definition) is 5. The van der Waals surface area contributed by atoms with Gasteiger partial charge in [0, 0.05) is 19.7 Å². The highest BCUT2D eigenvalue weighted by Crippen LogP contribution is 2.27. The second-order valence-corrected chi connectivity index (χ2v) is 6.26. The Morgan fingerprint density at radius 2 is 1.79 bits per heavy atom. The lowest BCUT2D eigenvalue weighted by molar-refractivity contribution is -0.130. The molecule has 28 heavy (non-hydrogen) atoms. The Labute approximate surface area is 163 Å². The summed E-state index contributed by atoms with van der Waals surface area (Å²) in [6.45, 7) is 1.78. The largest absolute Gasteiger partial charge is 0.483 e. The maximum atomic E-state index is 12.6. The first-order chi connectivity index (χ1) is 13.3. The summed E-state index contributed by atoms with van der Waals surface area (Å²) in [6, 6.07) is 11.0. The summed E-state index contributed by atoms with van der Waals surface area (Å²) >= 11 is 0. The summed E-state index contributed by atoms with van der Waals surface area (Å²) in [5, 5.41) is 11.9. The van der Waals surface area contributed by atoms with E-state index in [1.54, 1.807) is 26.2 Å². The minimum Gasteiger partial charge on any atom is -0.483 e. The van der Waals surface area contributed by atoms with Gasteiger partial charge in [0.2, 0.25) is 0 Å². The zero-order valence-electron chi connectivity index (χ0n) is 16.0. The second kappa shape index (κ2) is 9.50. The highest BCUT2D eigenvalue weighted by atomic mass is 16.5. The van der Waals surface area contributed by atoms with E-state index in [1.807, 2.05) is 19.1 Å². The fourth-order valence-electron chi connectivity index (χ4n) is 2.48. The van der Waals surface area contributed by atoms with E-state index in [-0.39, 0.29) is 23.9 Å². The van der Waals surface area contributed by atoms with E-state index in [4.69, 9.17) is 9.84 Å². The van der Waals surface area contributed by atoms with E-state index in [1.165, 1.54) is 23.1 Å². The molecule has 0 aliphatic rings. The van der Waals surface area contributed by atoms with Gasteiger partial charge in [-0.15, -0.1) is 0 Å². The van der Waals surface area contributed by atoms with Crippen LogP contribution in [0.5, 0.6) is 5.75 Å². The van der Waals surface area contributed by atoms with E-state index < -0.39 is 17.9 Å². The molecular formula is C20H23N3O5. The van der Waals surface area contributed by atoms with Gasteiger partial charge in [-0.3, -0.25) is 9.59 Å². The van der Waals surface area contributed by atoms with Crippen LogP contribution in [0.15, 0.2) is 42.5 Å². The first-order valence-corrected chi connectivity index (χ1v) is 8.76. The predicted molar refractivity (Wildman–Crippen MR) is 102 cm³/mol. The zero-order chi connectivity index (χ0) is 20.7. The molecule has 0 spiro atoms. The van der Waals surface area contributed by atoms with Gasteiger partial charge in [-0.2, -0.15) is 0 Å². The molecular weight excluding hydrogens is 362 g/mol. The highest BCUT2D eigenvalue weighted by molar-refractivity contribution is 5.94. The number of nitrogens with zero attached hydrogens (tertiary/aromatic N) is 2. The van der Waals surface area contributed by atoms with E-state index >= 15 is 0 Å². The zero-order valence-corrected chi connectivity index (χ0v) is 16.0. The van der Waals surface area contributed by atoms with Gasteiger partial charge < -0.3 is 20.1 Å². The van der Waals surface area contributed by atoms with Gasteiger partial charge in [-0.25, -0.2) is 9.78 Å². The molecule has 0 fully saturated rings. The first kappa shape index (κ1) is 20.9. The molecule has 1 aromatic heterocycles. The van der Waals surface area contributed by atoms with Crippen LogP contribution < -0.4 is 10.1 Å². The Hall–Kier alpha value is -3.42. The molecule has 0 saturated carbocycles. The molecule has 0 saturated heterocycles. The van der Waals surface area contributed by atoms with Gasteiger partial charge in [0.05, 0.1) is 6.04 Å². The van der Waals surface area contributed by atoms with Crippen molar-refractivity contribution in [1.82, 2.24) is 15.2 Å². The summed E-state index contributed by atoms with van der Waals surface area (Å²) in [4.78, 5) is 40.7. The molecule has 1 heterocycles. The normalized spacial score (nSPS) is 11.4. The summed E-state index contributed by atoms with van der Waals surface area (Å²) < 4.78 is 5.65. The molecule has 0 radical (unpaired) electrons. The van der Waals surface area contributed by atoms with Crippen molar-refractivity contribution in [3.63, 3.8) is 0 Å². The monoisotopic (exact) mass is 385 g/mol. The van der Waals surface area contributed by atoms with Crippen LogP contribution in [0, 0.1) is 0 Å². The molecule has 1 aromatic carbocycles. The lowest BCUT2D eigenvalue weighted by atomic mass is 10.0. The molecule has 1 unspecified atom stereocenters. The van der Waals surface area contributed by atoms with Crippen molar-refractivity contribution in [1.29, 1.82) is 0 Å². The van der Waals surface area contributed by atoms with Gasteiger partial charge in [-0.1, -0.05) is 31.2 Å². The Morgan fingerprint density at radius 1 is 1.11 bits per heavy atom. The van der Waals surface area contributed by atoms with Crippen molar-refractivity contribution < 1.29 is 24.2 Å². The maximum absolute atomic E-state index is 12.6. The Morgan fingerprint density at radius 3 is 2.43 bits per heavy atom. The number of amides is 2. The Balaban J connectivity index is 2.19. The van der Waals surface area contributed by atoms with Crippen molar-refractivity contribution in [2.45, 2.75) is 19.4 Å². The van der Waals surface area contributed by atoms with Gasteiger partial charge in [-0.05, 0) is 24.6 Å². The third-order valence-electron chi connectivity index (χ3n) is 4.06. The summed E-state index contributed by atoms with van der Waals surface area (Å²) in [6.07, 6.45) is 0.562. The van der Waals surface area contributed by atoms with Crippen LogP contribution in [-0.2, 0) is 4.79 Å². The molecule has 1 atom stereocenters. The molecule has 2 N–H and O–H groups in total. The number of benzene rings is 1. The Bertz CT molecular complexity index is 866. The van der Waals surface area contributed by atoms with Crippen LogP contribution in [0.1, 0.15) is 45.9 Å². The van der Waals surface area contributed by atoms with E-state index in [9.17, 15) is 14.4 Å². The summed E-state index contributed by atoms with van der Waals surface area (Å²) in [5.41, 5.74) is 0.533. The van der Waals surface area contributed by atoms with Crippen LogP contribution in [0.2, 0.25) is 0 Å². The average Bonchev–Trinajstić information content (AvgIpc) is 2.70. The molecule has 8 heteroatoms. The van der Waals surface area contributed by atoms with E-state index in [0.717, 1.165) is 5.56 Å². The van der Waals surface area contributed by atoms with Crippen molar-refractivity contribution in [3.8, 4) is 5.75 Å². The number of ether oxygens (including phenoxy) is 1. The first-order valence-electron chi connectivity index (χ1n) is 8.76. The molecule has 0 bridgehead atoms. The highest BCUT2D eigenvalue weighted by Gasteiger charge is 2.20. The minimum atomic E-state index is -1.20. The van der Waals surface area contributed by atoms with Crippen LogP contribution >= 0.6 is 0 Å². The van der Waals surface area contributed by atoms with E-state index in [0.29, 0.717) is 12.2 Å². The third kappa shape index (κ3) is 5.29. The summed E-state index contributed by atoms with van der Waals surface area (Å²) in [7, 11) is 3.29. The molecule has 8 nitrogen and oxygen atoms in total. The minimum absolute atomic E-state index is 0.0135. The number of aromatic carboxylic acids is 1. The average molecular weight is 385 g/mol. The van der Waals surface area contributed by atoms with Crippen molar-refractivity contribution >= 4 is 17.8 Å². The molecule has 2 rings (SSSR count). The number of nitrogens with one attached hydrogen (secondary N) is 1. The predicted octanol–water partition coefficient (Wildman–Crippen LogP) is 2.13. The van der Waals surface area contributed by atoms with Gasteiger partial charge in [0.15, 0.2) is 6.61 Å². The van der Waals surface area contributed by atoms with Crippen molar-refractivity contribution in [2.24, 2.45) is 0 Å². The number of carboxylic acids is 1. The van der Waals surface area contributed by atoms with Crippen LogP contribution in [-0.4, -0.2) is 53.5 Å². The van der Waals surface area contributed by atoms with Gasteiger partial charge in [0.25, 0.3) is 11.8 Å². The second-order valence-electron chi connectivity index (χ2n) is 6.26. The molecule has 148 valence electrons. The number of likely N-dealkylation sites (N-methyl/N-ethyl adjacent to an activating group) is 1. The number of carboxylic acid groups (broad SMARTS) is 1. The van der Waals surface area contributed by atoms with Gasteiger partial charge >= 0.3 is 5.97 Å². The number of pyridine rings is 1. The smallest absolute Gasteiger partial charge is 0.354 e. The van der Waals surface area contributed by atoms with Crippen LogP contribution in [0.3, 0.4) is 0 Å². The number of aromatic nitrogens is 1. The summed E-state index contributed by atoms with van der Waals surface area (Å²) in [5.74, 6) is -1.38.